The number of benzene rings is 2. The average molecular weight is 310 g/mol. The van der Waals surface area contributed by atoms with Gasteiger partial charge in [-0.25, -0.2) is 8.78 Å². The average Bonchev–Trinajstić information content (AvgIpc) is 2.56. The minimum atomic E-state index is -1.01. The molecule has 114 valence electrons. The number of anilines is 1. The molecule has 5 heteroatoms. The lowest BCUT2D eigenvalue weighted by Gasteiger charge is -2.03. The molecule has 0 aliphatic heterocycles. The Hall–Kier alpha value is -3.08. The van der Waals surface area contributed by atoms with Crippen molar-refractivity contribution in [1.29, 1.82) is 0 Å². The van der Waals surface area contributed by atoms with Crippen molar-refractivity contribution in [3.05, 3.63) is 78.0 Å². The summed E-state index contributed by atoms with van der Waals surface area (Å²) in [5, 5.41) is 3.44. The largest absolute Gasteiger partial charge is 0.322 e. The Morgan fingerprint density at radius 1 is 1.04 bits per heavy atom. The van der Waals surface area contributed by atoms with Crippen LogP contribution in [-0.2, 0) is 4.79 Å². The number of para-hydroxylation sites is 1. The number of carbonyl (C=O) groups is 1. The number of halogens is 2. The summed E-state index contributed by atoms with van der Waals surface area (Å²) in [5.74, 6) is -2.41. The van der Waals surface area contributed by atoms with E-state index in [0.717, 1.165) is 28.6 Å². The highest BCUT2D eigenvalue weighted by molar-refractivity contribution is 6.03. The molecular weight excluding hydrogens is 298 g/mol. The second-order valence-corrected chi connectivity index (χ2v) is 4.87. The van der Waals surface area contributed by atoms with Gasteiger partial charge in [0, 0.05) is 35.0 Å². The van der Waals surface area contributed by atoms with E-state index >= 15 is 0 Å². The maximum absolute atomic E-state index is 13.1. The predicted octanol–water partition coefficient (Wildman–Crippen LogP) is 4.16. The molecule has 3 aromatic rings. The number of aromatic nitrogens is 1. The van der Waals surface area contributed by atoms with Crippen molar-refractivity contribution in [1.82, 2.24) is 4.98 Å². The lowest BCUT2D eigenvalue weighted by Crippen LogP contribution is -2.08. The standard InChI is InChI=1S/C18H12F2N2O/c19-15-8-7-14(11-16(15)20)22-17(23)9-6-13-4-1-3-12-5-2-10-21-18(12)13/h1-11H,(H,22,23)/b9-6+. The van der Waals surface area contributed by atoms with E-state index in [1.165, 1.54) is 12.1 Å². The van der Waals surface area contributed by atoms with E-state index in [9.17, 15) is 13.6 Å². The Morgan fingerprint density at radius 3 is 2.70 bits per heavy atom. The molecule has 1 aromatic heterocycles. The van der Waals surface area contributed by atoms with Crippen LogP contribution in [0, 0.1) is 11.6 Å². The second kappa shape index (κ2) is 6.36. The first-order valence-corrected chi connectivity index (χ1v) is 6.91. The number of nitrogens with zero attached hydrogens (tertiary/aromatic N) is 1. The molecule has 2 aromatic carbocycles. The first kappa shape index (κ1) is 14.8. The van der Waals surface area contributed by atoms with Crippen LogP contribution in [0.25, 0.3) is 17.0 Å². The minimum Gasteiger partial charge on any atom is -0.322 e. The number of carbonyl (C=O) groups excluding carboxylic acids is 1. The van der Waals surface area contributed by atoms with E-state index in [0.29, 0.717) is 0 Å². The minimum absolute atomic E-state index is 0.189. The zero-order chi connectivity index (χ0) is 16.2. The van der Waals surface area contributed by atoms with Gasteiger partial charge in [0.2, 0.25) is 5.91 Å². The van der Waals surface area contributed by atoms with E-state index < -0.39 is 17.5 Å². The molecule has 0 bridgehead atoms. The molecule has 1 heterocycles. The van der Waals surface area contributed by atoms with Gasteiger partial charge in [0.15, 0.2) is 11.6 Å². The molecule has 0 aliphatic rings. The fourth-order valence-corrected chi connectivity index (χ4v) is 2.19. The van der Waals surface area contributed by atoms with Crippen molar-refractivity contribution in [2.45, 2.75) is 0 Å². The summed E-state index contributed by atoms with van der Waals surface area (Å²) in [6, 6.07) is 12.6. The topological polar surface area (TPSA) is 42.0 Å². The molecule has 1 amide bonds. The zero-order valence-electron chi connectivity index (χ0n) is 12.0. The summed E-state index contributed by atoms with van der Waals surface area (Å²) < 4.78 is 25.9. The van der Waals surface area contributed by atoms with Crippen LogP contribution in [0.4, 0.5) is 14.5 Å². The SMILES string of the molecule is O=C(/C=C/c1cccc2cccnc12)Nc1ccc(F)c(F)c1. The Balaban J connectivity index is 1.78. The van der Waals surface area contributed by atoms with Gasteiger partial charge in [-0.2, -0.15) is 0 Å². The third kappa shape index (κ3) is 3.40. The molecule has 0 saturated carbocycles. The van der Waals surface area contributed by atoms with Crippen LogP contribution in [0.3, 0.4) is 0 Å². The highest BCUT2D eigenvalue weighted by Gasteiger charge is 2.04. The number of rotatable bonds is 3. The molecule has 0 spiro atoms. The maximum Gasteiger partial charge on any atom is 0.248 e. The van der Waals surface area contributed by atoms with Gasteiger partial charge in [0.1, 0.15) is 0 Å². The van der Waals surface area contributed by atoms with Gasteiger partial charge in [-0.05, 0) is 24.3 Å². The fraction of sp³-hybridized carbons (Fsp3) is 0. The molecule has 23 heavy (non-hydrogen) atoms. The molecular formula is C18H12F2N2O. The summed E-state index contributed by atoms with van der Waals surface area (Å²) in [5.41, 5.74) is 1.77. The number of amides is 1. The molecule has 0 saturated heterocycles. The molecule has 3 rings (SSSR count). The number of pyridine rings is 1. The Labute approximate surface area is 131 Å². The van der Waals surface area contributed by atoms with Crippen molar-refractivity contribution in [3.8, 4) is 0 Å². The summed E-state index contributed by atoms with van der Waals surface area (Å²) in [7, 11) is 0. The van der Waals surface area contributed by atoms with Crippen molar-refractivity contribution in [2.24, 2.45) is 0 Å². The van der Waals surface area contributed by atoms with E-state index in [1.807, 2.05) is 30.3 Å². The van der Waals surface area contributed by atoms with Crippen molar-refractivity contribution >= 4 is 28.6 Å². The van der Waals surface area contributed by atoms with Crippen LogP contribution in [0.2, 0.25) is 0 Å². The number of fused-ring (bicyclic) bond motifs is 1. The zero-order valence-corrected chi connectivity index (χ0v) is 12.0. The van der Waals surface area contributed by atoms with Crippen LogP contribution in [-0.4, -0.2) is 10.9 Å². The Kier molecular flexibility index (Phi) is 4.10. The van der Waals surface area contributed by atoms with Crippen molar-refractivity contribution in [3.63, 3.8) is 0 Å². The van der Waals surface area contributed by atoms with E-state index in [4.69, 9.17) is 0 Å². The van der Waals surface area contributed by atoms with Gasteiger partial charge in [0.05, 0.1) is 5.52 Å². The third-order valence-electron chi connectivity index (χ3n) is 3.27. The second-order valence-electron chi connectivity index (χ2n) is 4.87. The first-order chi connectivity index (χ1) is 11.1. The normalized spacial score (nSPS) is 11.0. The third-order valence-corrected chi connectivity index (χ3v) is 3.27. The Morgan fingerprint density at radius 2 is 1.87 bits per heavy atom. The number of nitrogens with one attached hydrogen (secondary N) is 1. The van der Waals surface area contributed by atoms with Crippen LogP contribution in [0.5, 0.6) is 0 Å². The van der Waals surface area contributed by atoms with Gasteiger partial charge in [-0.3, -0.25) is 9.78 Å². The number of hydrogen-bond donors (Lipinski definition) is 1. The van der Waals surface area contributed by atoms with Gasteiger partial charge in [0.25, 0.3) is 0 Å². The van der Waals surface area contributed by atoms with Crippen molar-refractivity contribution in [2.75, 3.05) is 5.32 Å². The predicted molar refractivity (Wildman–Crippen MR) is 85.8 cm³/mol. The van der Waals surface area contributed by atoms with Crippen LogP contribution >= 0.6 is 0 Å². The molecule has 3 nitrogen and oxygen atoms in total. The molecule has 0 fully saturated rings. The Bertz CT molecular complexity index is 901. The maximum atomic E-state index is 13.1. The fourth-order valence-electron chi connectivity index (χ4n) is 2.19. The molecule has 0 radical (unpaired) electrons. The van der Waals surface area contributed by atoms with Gasteiger partial charge >= 0.3 is 0 Å². The van der Waals surface area contributed by atoms with Gasteiger partial charge in [-0.15, -0.1) is 0 Å². The number of hydrogen-bond acceptors (Lipinski definition) is 2. The van der Waals surface area contributed by atoms with Crippen molar-refractivity contribution < 1.29 is 13.6 Å². The first-order valence-electron chi connectivity index (χ1n) is 6.91. The molecule has 0 unspecified atom stereocenters. The summed E-state index contributed by atoms with van der Waals surface area (Å²) in [6.07, 6.45) is 4.64. The van der Waals surface area contributed by atoms with Gasteiger partial charge < -0.3 is 5.32 Å². The lowest BCUT2D eigenvalue weighted by atomic mass is 10.1. The van der Waals surface area contributed by atoms with Gasteiger partial charge in [-0.1, -0.05) is 24.3 Å². The van der Waals surface area contributed by atoms with Crippen LogP contribution in [0.15, 0.2) is 60.8 Å². The monoisotopic (exact) mass is 310 g/mol. The highest BCUT2D eigenvalue weighted by atomic mass is 19.2. The van der Waals surface area contributed by atoms with Crippen LogP contribution < -0.4 is 5.32 Å². The van der Waals surface area contributed by atoms with Crippen LogP contribution in [0.1, 0.15) is 5.56 Å². The quantitative estimate of drug-likeness (QED) is 0.738. The smallest absolute Gasteiger partial charge is 0.248 e. The highest BCUT2D eigenvalue weighted by Crippen LogP contribution is 2.17. The lowest BCUT2D eigenvalue weighted by molar-refractivity contribution is -0.111. The van der Waals surface area contributed by atoms with E-state index in [2.05, 4.69) is 10.3 Å². The summed E-state index contributed by atoms with van der Waals surface area (Å²) >= 11 is 0. The van der Waals surface area contributed by atoms with E-state index in [1.54, 1.807) is 12.3 Å². The van der Waals surface area contributed by atoms with E-state index in [-0.39, 0.29) is 5.69 Å². The molecule has 1 N–H and O–H groups in total. The summed E-state index contributed by atoms with van der Waals surface area (Å²) in [6.45, 7) is 0. The summed E-state index contributed by atoms with van der Waals surface area (Å²) in [4.78, 5) is 16.2. The molecule has 0 atom stereocenters. The molecule has 0 aliphatic carbocycles.